The molecule has 3 atom stereocenters. The van der Waals surface area contributed by atoms with E-state index in [0.29, 0.717) is 10.7 Å². The number of benzene rings is 4. The summed E-state index contributed by atoms with van der Waals surface area (Å²) in [5.41, 5.74) is 0.532. The maximum absolute atomic E-state index is 15.3. The van der Waals surface area contributed by atoms with Crippen molar-refractivity contribution in [2.75, 3.05) is 5.75 Å². The average Bonchev–Trinajstić information content (AvgIpc) is 3.63. The zero-order valence-electron chi connectivity index (χ0n) is 33.9. The number of aromatic nitrogens is 4. The molecule has 1 aromatic heterocycles. The second-order valence-electron chi connectivity index (χ2n) is 15.6. The molecule has 59 heavy (non-hydrogen) atoms. The number of β-lactam (4-membered cyclic amide) rings is 1. The Morgan fingerprint density at radius 2 is 1.42 bits per heavy atom. The molecule has 1 aliphatic heterocycles. The van der Waals surface area contributed by atoms with Crippen molar-refractivity contribution in [3.8, 4) is 0 Å². The lowest BCUT2D eigenvalue weighted by Gasteiger charge is -2.52. The first-order valence-corrected chi connectivity index (χ1v) is 25.5. The number of likely N-dealkylation sites (tertiary alicyclic amines) is 1. The van der Waals surface area contributed by atoms with Crippen molar-refractivity contribution >= 4 is 82.7 Å². The van der Waals surface area contributed by atoms with E-state index in [2.05, 4.69) is 49.4 Å². The van der Waals surface area contributed by atoms with Gasteiger partial charge in [-0.15, -0.1) is 5.10 Å². The number of nitro groups is 1. The van der Waals surface area contributed by atoms with Crippen LogP contribution in [0.3, 0.4) is 0 Å². The Hall–Kier alpha value is -4.86. The number of hydrogen-bond acceptors (Lipinski definition) is 12. The van der Waals surface area contributed by atoms with Crippen LogP contribution in [0.15, 0.2) is 120 Å². The molecule has 0 N–H and O–H groups in total. The summed E-state index contributed by atoms with van der Waals surface area (Å²) < 4.78 is 14.5. The topological polar surface area (TPSA) is 160 Å². The minimum absolute atomic E-state index is 0.00212. The molecule has 0 saturated carbocycles. The molecule has 1 saturated heterocycles. The molecule has 13 nitrogen and oxygen atoms in total. The highest BCUT2D eigenvalue weighted by Crippen LogP contribution is 2.52. The Morgan fingerprint density at radius 1 is 0.898 bits per heavy atom. The van der Waals surface area contributed by atoms with Gasteiger partial charge in [0.1, 0.15) is 17.4 Å². The number of esters is 1. The van der Waals surface area contributed by atoms with Gasteiger partial charge in [0.25, 0.3) is 5.69 Å². The van der Waals surface area contributed by atoms with Crippen molar-refractivity contribution in [1.29, 1.82) is 0 Å². The standard InChI is InChI=1S/C42H47N6O7PS2Si/c1-29(55-59(6,7)42(2,3)4)36-37(50)47(39(36)58-35(49)28-57-41-43-44-45-46(41)5)38(40(51)54-27-30-23-25-31(26-24-30)48(52)53)56(32-17-11-8-12-18-32,33-19-13-9-14-20-33)34-21-15-10-16-22-34/h8-26,29,36,39H,27-28H2,1-7H3/t29-,36+,39+/m0/s1. The molecule has 0 spiro atoms. The van der Waals surface area contributed by atoms with Crippen molar-refractivity contribution < 1.29 is 28.5 Å². The van der Waals surface area contributed by atoms with E-state index in [4.69, 9.17) is 9.16 Å². The second kappa shape index (κ2) is 18.2. The van der Waals surface area contributed by atoms with Gasteiger partial charge in [0.05, 0.1) is 22.7 Å². The van der Waals surface area contributed by atoms with Crippen molar-refractivity contribution in [1.82, 2.24) is 25.1 Å². The Kier molecular flexibility index (Phi) is 13.5. The molecule has 0 unspecified atom stereocenters. The van der Waals surface area contributed by atoms with E-state index in [1.807, 2.05) is 97.9 Å². The highest BCUT2D eigenvalue weighted by atomic mass is 32.2. The largest absolute Gasteiger partial charge is 0.456 e. The number of nitro benzene ring substituents is 1. The van der Waals surface area contributed by atoms with Gasteiger partial charge in [-0.25, -0.2) is 9.48 Å². The summed E-state index contributed by atoms with van der Waals surface area (Å²) in [5.74, 6) is -1.91. The minimum atomic E-state index is -3.32. The summed E-state index contributed by atoms with van der Waals surface area (Å²) in [5, 5.41) is 24.5. The van der Waals surface area contributed by atoms with Crippen LogP contribution in [0, 0.1) is 16.0 Å². The first-order chi connectivity index (χ1) is 28.1. The molecule has 4 aromatic carbocycles. The Balaban J connectivity index is 1.58. The first-order valence-electron chi connectivity index (χ1n) is 19.0. The minimum Gasteiger partial charge on any atom is -0.456 e. The molecule has 1 amide bonds. The number of amides is 1. The van der Waals surface area contributed by atoms with Crippen LogP contribution in [-0.2, 0) is 37.2 Å². The van der Waals surface area contributed by atoms with Crippen LogP contribution in [-0.4, -0.2) is 78.0 Å². The monoisotopic (exact) mass is 870 g/mol. The van der Waals surface area contributed by atoms with Crippen molar-refractivity contribution in [3.05, 3.63) is 131 Å². The molecule has 0 aliphatic carbocycles. The molecule has 5 aromatic rings. The summed E-state index contributed by atoms with van der Waals surface area (Å²) in [7, 11) is -0.738. The highest BCUT2D eigenvalue weighted by Gasteiger charge is 2.58. The molecular formula is C42H47N6O7PS2Si. The Labute approximate surface area is 353 Å². The maximum atomic E-state index is 15.3. The van der Waals surface area contributed by atoms with Gasteiger partial charge in [-0.2, -0.15) is 0 Å². The lowest BCUT2D eigenvalue weighted by atomic mass is 9.93. The summed E-state index contributed by atoms with van der Waals surface area (Å²) in [6.07, 6.45) is -0.601. The molecule has 1 aliphatic rings. The van der Waals surface area contributed by atoms with Crippen molar-refractivity contribution in [3.63, 3.8) is 0 Å². The third kappa shape index (κ3) is 9.16. The Morgan fingerprint density at radius 3 is 1.88 bits per heavy atom. The SMILES string of the molecule is C[C@H](O[Si](C)(C)C(C)(C)C)[C@@H]1C(=O)N(C(C(=O)OCc2ccc([N+](=O)[O-])cc2)=P(c2ccccc2)(c2ccccc2)c2ccccc2)[C@@H]1SC(=O)CSc1nnnn1C. The van der Waals surface area contributed by atoms with Gasteiger partial charge in [0.15, 0.2) is 8.32 Å². The van der Waals surface area contributed by atoms with E-state index in [-0.39, 0.29) is 39.5 Å². The fourth-order valence-corrected chi connectivity index (χ4v) is 14.7. The fraction of sp³-hybridized carbons (Fsp3) is 0.310. The number of hydrogen-bond donors (Lipinski definition) is 0. The van der Waals surface area contributed by atoms with Gasteiger partial charge in [-0.05, 0) is 69.1 Å². The van der Waals surface area contributed by atoms with Gasteiger partial charge >= 0.3 is 5.97 Å². The van der Waals surface area contributed by atoms with E-state index >= 15 is 9.59 Å². The quantitative estimate of drug-likeness (QED) is 0.0213. The third-order valence-corrected chi connectivity index (χ3v) is 21.9. The van der Waals surface area contributed by atoms with Crippen LogP contribution in [0.25, 0.3) is 0 Å². The summed E-state index contributed by atoms with van der Waals surface area (Å²) in [6, 6.07) is 34.6. The molecule has 6 rings (SSSR count). The smallest absolute Gasteiger partial charge is 0.356 e. The molecule has 0 radical (unpaired) electrons. The molecule has 2 heterocycles. The van der Waals surface area contributed by atoms with Crippen LogP contribution in [0.1, 0.15) is 33.3 Å². The lowest BCUT2D eigenvalue weighted by Crippen LogP contribution is -2.68. The number of nitrogens with zero attached hydrogens (tertiary/aromatic N) is 6. The van der Waals surface area contributed by atoms with Crippen LogP contribution >= 0.6 is 30.4 Å². The number of thioether (sulfide) groups is 2. The van der Waals surface area contributed by atoms with Gasteiger partial charge in [-0.1, -0.05) is 135 Å². The van der Waals surface area contributed by atoms with E-state index in [9.17, 15) is 14.9 Å². The number of rotatable bonds is 15. The molecule has 0 bridgehead atoms. The Bertz CT molecular complexity index is 2260. The van der Waals surface area contributed by atoms with Crippen LogP contribution in [0.4, 0.5) is 5.69 Å². The summed E-state index contributed by atoms with van der Waals surface area (Å²) >= 11 is 2.17. The van der Waals surface area contributed by atoms with Crippen LogP contribution in [0.5, 0.6) is 0 Å². The van der Waals surface area contributed by atoms with E-state index in [1.165, 1.54) is 45.6 Å². The number of tetrazole rings is 1. The first kappa shape index (κ1) is 43.7. The number of carbonyl (C=O) groups excluding carboxylic acids is 3. The highest BCUT2D eigenvalue weighted by molar-refractivity contribution is 8.16. The van der Waals surface area contributed by atoms with Gasteiger partial charge in [-0.3, -0.25) is 24.6 Å². The second-order valence-corrected chi connectivity index (χ2v) is 25.8. The van der Waals surface area contributed by atoms with Crippen LogP contribution < -0.4 is 15.9 Å². The van der Waals surface area contributed by atoms with Crippen molar-refractivity contribution in [2.24, 2.45) is 13.0 Å². The van der Waals surface area contributed by atoms with E-state index < -0.39 is 43.5 Å². The normalized spacial score (nSPS) is 16.3. The fourth-order valence-electron chi connectivity index (χ4n) is 6.71. The maximum Gasteiger partial charge on any atom is 0.356 e. The number of carbonyl (C=O) groups is 3. The predicted octanol–water partition coefficient (Wildman–Crippen LogP) is 6.53. The van der Waals surface area contributed by atoms with Gasteiger partial charge < -0.3 is 9.16 Å². The number of ether oxygens (including phenoxy) is 1. The number of non-ortho nitro benzene ring substituents is 1. The third-order valence-electron chi connectivity index (χ3n) is 10.7. The lowest BCUT2D eigenvalue weighted by molar-refractivity contribution is -0.384. The van der Waals surface area contributed by atoms with Crippen LogP contribution in [0.2, 0.25) is 18.1 Å². The molecule has 1 fully saturated rings. The average molecular weight is 871 g/mol. The predicted molar refractivity (Wildman–Crippen MR) is 237 cm³/mol. The zero-order valence-corrected chi connectivity index (χ0v) is 37.4. The number of aryl methyl sites for hydroxylation is 1. The van der Waals surface area contributed by atoms with E-state index in [0.717, 1.165) is 27.7 Å². The van der Waals surface area contributed by atoms with Gasteiger partial charge in [0.2, 0.25) is 16.2 Å². The molecule has 308 valence electrons. The molecule has 17 heteroatoms. The van der Waals surface area contributed by atoms with Crippen molar-refractivity contribution in [2.45, 2.75) is 69.1 Å². The molecular weight excluding hydrogens is 824 g/mol. The summed E-state index contributed by atoms with van der Waals surface area (Å²) in [6.45, 7) is 8.94. The zero-order chi connectivity index (χ0) is 42.5. The summed E-state index contributed by atoms with van der Waals surface area (Å²) in [4.78, 5) is 57.0. The van der Waals surface area contributed by atoms with Gasteiger partial charge in [0, 0.05) is 26.1 Å². The van der Waals surface area contributed by atoms with E-state index in [1.54, 1.807) is 7.05 Å².